The van der Waals surface area contributed by atoms with E-state index in [1.165, 1.54) is 12.1 Å². The maximum Gasteiger partial charge on any atom is 0.227 e. The van der Waals surface area contributed by atoms with E-state index < -0.39 is 0 Å². The van der Waals surface area contributed by atoms with Crippen LogP contribution >= 0.6 is 0 Å². The van der Waals surface area contributed by atoms with Crippen LogP contribution in [-0.2, 0) is 16.0 Å². The van der Waals surface area contributed by atoms with Crippen LogP contribution in [0.1, 0.15) is 24.8 Å². The molecule has 0 radical (unpaired) electrons. The van der Waals surface area contributed by atoms with E-state index in [0.717, 1.165) is 57.7 Å². The van der Waals surface area contributed by atoms with Gasteiger partial charge in [0.2, 0.25) is 5.91 Å². The largest absolute Gasteiger partial charge is 0.381 e. The van der Waals surface area contributed by atoms with Crippen molar-refractivity contribution in [2.75, 3.05) is 39.9 Å². The number of carbonyl (C=O) groups excluding carboxylic acids is 1. The topological polar surface area (TPSA) is 32.8 Å². The van der Waals surface area contributed by atoms with Crippen LogP contribution in [0.25, 0.3) is 0 Å². The molecule has 1 unspecified atom stereocenters. The summed E-state index contributed by atoms with van der Waals surface area (Å²) in [6, 6.07) is 6.67. The Bertz CT molecular complexity index is 552. The summed E-state index contributed by atoms with van der Waals surface area (Å²) in [6.45, 7) is 4.36. The smallest absolute Gasteiger partial charge is 0.227 e. The van der Waals surface area contributed by atoms with Crippen LogP contribution in [0, 0.1) is 11.7 Å². The van der Waals surface area contributed by atoms with Gasteiger partial charge < -0.3 is 14.5 Å². The number of piperidine rings is 1. The zero-order chi connectivity index (χ0) is 16.9. The lowest BCUT2D eigenvalue weighted by Gasteiger charge is -2.38. The van der Waals surface area contributed by atoms with Gasteiger partial charge in [-0.05, 0) is 57.1 Å². The Balaban J connectivity index is 1.68. The van der Waals surface area contributed by atoms with Gasteiger partial charge in [-0.3, -0.25) is 4.79 Å². The summed E-state index contributed by atoms with van der Waals surface area (Å²) in [5.74, 6) is 0.263. The molecule has 0 bridgehead atoms. The predicted octanol–water partition coefficient (Wildman–Crippen LogP) is 2.33. The van der Waals surface area contributed by atoms with Crippen molar-refractivity contribution in [3.8, 4) is 0 Å². The van der Waals surface area contributed by atoms with E-state index in [1.54, 1.807) is 6.07 Å². The zero-order valence-corrected chi connectivity index (χ0v) is 14.4. The first-order valence-electron chi connectivity index (χ1n) is 8.92. The highest BCUT2D eigenvalue weighted by atomic mass is 19.1. The SMILES string of the molecule is CN1CCC(N(CC2CCOC2)C(=O)Cc2cccc(F)c2)CC1. The number of nitrogens with zero attached hydrogens (tertiary/aromatic N) is 2. The first-order valence-corrected chi connectivity index (χ1v) is 8.92. The molecule has 1 amide bonds. The Morgan fingerprint density at radius 3 is 2.79 bits per heavy atom. The summed E-state index contributed by atoms with van der Waals surface area (Å²) in [4.78, 5) is 17.3. The number of amides is 1. The first kappa shape index (κ1) is 17.4. The van der Waals surface area contributed by atoms with E-state index in [2.05, 4.69) is 16.8 Å². The molecule has 2 saturated heterocycles. The van der Waals surface area contributed by atoms with Gasteiger partial charge in [-0.2, -0.15) is 0 Å². The van der Waals surface area contributed by atoms with Crippen LogP contribution in [0.3, 0.4) is 0 Å². The van der Waals surface area contributed by atoms with Gasteiger partial charge in [-0.25, -0.2) is 4.39 Å². The molecule has 2 aliphatic rings. The Morgan fingerprint density at radius 2 is 2.12 bits per heavy atom. The summed E-state index contributed by atoms with van der Waals surface area (Å²) in [5.41, 5.74) is 0.751. The summed E-state index contributed by atoms with van der Waals surface area (Å²) >= 11 is 0. The molecule has 0 N–H and O–H groups in total. The minimum atomic E-state index is -0.282. The van der Waals surface area contributed by atoms with Crippen molar-refractivity contribution in [3.63, 3.8) is 0 Å². The van der Waals surface area contributed by atoms with Crippen molar-refractivity contribution >= 4 is 5.91 Å². The third-order valence-electron chi connectivity index (χ3n) is 5.17. The average molecular weight is 334 g/mol. The van der Waals surface area contributed by atoms with Gasteiger partial charge in [0.15, 0.2) is 0 Å². The van der Waals surface area contributed by atoms with Crippen LogP contribution in [-0.4, -0.2) is 61.6 Å². The molecule has 5 heteroatoms. The van der Waals surface area contributed by atoms with E-state index in [0.29, 0.717) is 12.0 Å². The molecular formula is C19H27FN2O2. The highest BCUT2D eigenvalue weighted by Gasteiger charge is 2.30. The summed E-state index contributed by atoms with van der Waals surface area (Å²) in [7, 11) is 2.12. The van der Waals surface area contributed by atoms with Crippen molar-refractivity contribution in [2.45, 2.75) is 31.7 Å². The lowest BCUT2D eigenvalue weighted by molar-refractivity contribution is -0.134. The minimum absolute atomic E-state index is 0.113. The van der Waals surface area contributed by atoms with Crippen LogP contribution < -0.4 is 0 Å². The maximum absolute atomic E-state index is 13.4. The number of benzene rings is 1. The van der Waals surface area contributed by atoms with Crippen molar-refractivity contribution in [3.05, 3.63) is 35.6 Å². The Labute approximate surface area is 143 Å². The van der Waals surface area contributed by atoms with E-state index >= 15 is 0 Å². The van der Waals surface area contributed by atoms with Gasteiger partial charge in [0.1, 0.15) is 5.82 Å². The van der Waals surface area contributed by atoms with Crippen LogP contribution in [0.2, 0.25) is 0 Å². The second-order valence-electron chi connectivity index (χ2n) is 7.12. The molecule has 2 heterocycles. The van der Waals surface area contributed by atoms with E-state index in [1.807, 2.05) is 6.07 Å². The van der Waals surface area contributed by atoms with Gasteiger partial charge in [0, 0.05) is 25.1 Å². The molecule has 0 aromatic heterocycles. The fourth-order valence-electron chi connectivity index (χ4n) is 3.69. The third-order valence-corrected chi connectivity index (χ3v) is 5.17. The molecule has 4 nitrogen and oxygen atoms in total. The molecule has 1 atom stereocenters. The zero-order valence-electron chi connectivity index (χ0n) is 14.4. The molecule has 2 aliphatic heterocycles. The Hall–Kier alpha value is -1.46. The number of ether oxygens (including phenoxy) is 1. The molecule has 3 rings (SSSR count). The van der Waals surface area contributed by atoms with Gasteiger partial charge >= 0.3 is 0 Å². The standard InChI is InChI=1S/C19H27FN2O2/c1-21-8-5-18(6-9-21)22(13-16-7-10-24-14-16)19(23)12-15-3-2-4-17(20)11-15/h2-4,11,16,18H,5-10,12-14H2,1H3. The van der Waals surface area contributed by atoms with Gasteiger partial charge in [-0.15, -0.1) is 0 Å². The monoisotopic (exact) mass is 334 g/mol. The van der Waals surface area contributed by atoms with Gasteiger partial charge in [-0.1, -0.05) is 12.1 Å². The summed E-state index contributed by atoms with van der Waals surface area (Å²) in [6.07, 6.45) is 3.33. The molecular weight excluding hydrogens is 307 g/mol. The van der Waals surface area contributed by atoms with Crippen LogP contribution in [0.4, 0.5) is 4.39 Å². The normalized spacial score (nSPS) is 22.7. The number of hydrogen-bond acceptors (Lipinski definition) is 3. The lowest BCUT2D eigenvalue weighted by Crippen LogP contribution is -2.49. The fraction of sp³-hybridized carbons (Fsp3) is 0.632. The molecule has 0 spiro atoms. The molecule has 1 aromatic carbocycles. The van der Waals surface area contributed by atoms with Gasteiger partial charge in [0.25, 0.3) is 0 Å². The summed E-state index contributed by atoms with van der Waals surface area (Å²) < 4.78 is 18.9. The van der Waals surface area contributed by atoms with Crippen LogP contribution in [0.5, 0.6) is 0 Å². The first-order chi connectivity index (χ1) is 11.6. The van der Waals surface area contributed by atoms with E-state index in [9.17, 15) is 9.18 Å². The summed E-state index contributed by atoms with van der Waals surface area (Å²) in [5, 5.41) is 0. The highest BCUT2D eigenvalue weighted by molar-refractivity contribution is 5.79. The molecule has 0 saturated carbocycles. The van der Waals surface area contributed by atoms with Crippen molar-refractivity contribution in [1.82, 2.24) is 9.80 Å². The van der Waals surface area contributed by atoms with E-state index in [4.69, 9.17) is 4.74 Å². The highest BCUT2D eigenvalue weighted by Crippen LogP contribution is 2.22. The third kappa shape index (κ3) is 4.54. The molecule has 24 heavy (non-hydrogen) atoms. The number of hydrogen-bond donors (Lipinski definition) is 0. The second kappa shape index (κ2) is 8.08. The lowest BCUT2D eigenvalue weighted by atomic mass is 9.99. The number of likely N-dealkylation sites (tertiary alicyclic amines) is 1. The Morgan fingerprint density at radius 1 is 1.33 bits per heavy atom. The van der Waals surface area contributed by atoms with Crippen molar-refractivity contribution in [1.29, 1.82) is 0 Å². The molecule has 132 valence electrons. The van der Waals surface area contributed by atoms with Crippen LogP contribution in [0.15, 0.2) is 24.3 Å². The number of rotatable bonds is 5. The fourth-order valence-corrected chi connectivity index (χ4v) is 3.69. The maximum atomic E-state index is 13.4. The average Bonchev–Trinajstić information content (AvgIpc) is 3.07. The molecule has 1 aromatic rings. The van der Waals surface area contributed by atoms with Crippen molar-refractivity contribution in [2.24, 2.45) is 5.92 Å². The quantitative estimate of drug-likeness (QED) is 0.828. The van der Waals surface area contributed by atoms with E-state index in [-0.39, 0.29) is 18.1 Å². The minimum Gasteiger partial charge on any atom is -0.381 e. The number of carbonyl (C=O) groups is 1. The van der Waals surface area contributed by atoms with Gasteiger partial charge in [0.05, 0.1) is 13.0 Å². The number of halogens is 1. The molecule has 2 fully saturated rings. The predicted molar refractivity (Wildman–Crippen MR) is 91.3 cm³/mol. The second-order valence-corrected chi connectivity index (χ2v) is 7.12. The Kier molecular flexibility index (Phi) is 5.85. The molecule has 0 aliphatic carbocycles. The van der Waals surface area contributed by atoms with Crippen molar-refractivity contribution < 1.29 is 13.9 Å².